The van der Waals surface area contributed by atoms with Crippen LogP contribution in [0.25, 0.3) is 0 Å². The third-order valence-corrected chi connectivity index (χ3v) is 2.51. The van der Waals surface area contributed by atoms with Crippen LogP contribution in [0.2, 0.25) is 0 Å². The van der Waals surface area contributed by atoms with Crippen LogP contribution in [0.5, 0.6) is 0 Å². The van der Waals surface area contributed by atoms with Crippen molar-refractivity contribution in [1.82, 2.24) is 5.32 Å². The molecule has 3 nitrogen and oxygen atoms in total. The number of carbonyl (C=O) groups is 1. The summed E-state index contributed by atoms with van der Waals surface area (Å²) in [5.41, 5.74) is 0. The zero-order chi connectivity index (χ0) is 7.68. The van der Waals surface area contributed by atoms with E-state index in [0.717, 1.165) is 4.88 Å². The highest BCUT2D eigenvalue weighted by molar-refractivity contribution is 7.10. The third-order valence-electron chi connectivity index (χ3n) is 1.54. The molecule has 0 spiro atoms. The molecule has 0 aliphatic carbocycles. The number of ether oxygens (including phenoxy) is 1. The molecule has 58 valence electrons. The maximum absolute atomic E-state index is 10.6. The second kappa shape index (κ2) is 2.54. The highest BCUT2D eigenvalue weighted by atomic mass is 32.1. The predicted molar refractivity (Wildman–Crippen MR) is 41.5 cm³/mol. The normalized spacial score (nSPS) is 22.9. The van der Waals surface area contributed by atoms with Crippen molar-refractivity contribution in [2.45, 2.75) is 6.10 Å². The molecule has 1 aliphatic heterocycles. The number of cyclic esters (lactones) is 1. The molecule has 1 amide bonds. The van der Waals surface area contributed by atoms with Gasteiger partial charge in [0.1, 0.15) is 0 Å². The maximum atomic E-state index is 10.6. The van der Waals surface area contributed by atoms with Crippen molar-refractivity contribution in [3.63, 3.8) is 0 Å². The fourth-order valence-corrected chi connectivity index (χ4v) is 1.78. The van der Waals surface area contributed by atoms with Gasteiger partial charge in [-0.3, -0.25) is 0 Å². The van der Waals surface area contributed by atoms with Crippen LogP contribution < -0.4 is 5.32 Å². The average molecular weight is 169 g/mol. The first kappa shape index (κ1) is 6.67. The number of amides is 1. The molecule has 0 radical (unpaired) electrons. The van der Waals surface area contributed by atoms with Gasteiger partial charge < -0.3 is 10.1 Å². The van der Waals surface area contributed by atoms with Gasteiger partial charge in [-0.05, 0) is 11.4 Å². The highest BCUT2D eigenvalue weighted by Gasteiger charge is 2.24. The Bertz CT molecular complexity index is 257. The lowest BCUT2D eigenvalue weighted by atomic mass is 10.3. The number of rotatable bonds is 1. The molecule has 1 unspecified atom stereocenters. The van der Waals surface area contributed by atoms with Crippen molar-refractivity contribution in [3.8, 4) is 0 Å². The molecule has 11 heavy (non-hydrogen) atoms. The van der Waals surface area contributed by atoms with Gasteiger partial charge in [0.15, 0.2) is 6.10 Å². The van der Waals surface area contributed by atoms with Crippen LogP contribution in [0.1, 0.15) is 11.0 Å². The Morgan fingerprint density at radius 1 is 1.73 bits per heavy atom. The first-order chi connectivity index (χ1) is 5.36. The number of hydrogen-bond acceptors (Lipinski definition) is 3. The van der Waals surface area contributed by atoms with Gasteiger partial charge in [0.05, 0.1) is 6.54 Å². The molecule has 2 rings (SSSR count). The number of alkyl carbamates (subject to hydrolysis) is 1. The Morgan fingerprint density at radius 3 is 3.18 bits per heavy atom. The Hall–Kier alpha value is -1.03. The van der Waals surface area contributed by atoms with Gasteiger partial charge in [0, 0.05) is 4.88 Å². The summed E-state index contributed by atoms with van der Waals surface area (Å²) in [6, 6.07) is 3.92. The van der Waals surface area contributed by atoms with E-state index in [9.17, 15) is 4.79 Å². The molecular formula is C7H7NO2S. The van der Waals surface area contributed by atoms with Gasteiger partial charge in [0.2, 0.25) is 0 Å². The summed E-state index contributed by atoms with van der Waals surface area (Å²) in [4.78, 5) is 11.7. The lowest BCUT2D eigenvalue weighted by molar-refractivity contribution is 0.142. The van der Waals surface area contributed by atoms with Crippen LogP contribution in [0.15, 0.2) is 17.5 Å². The SMILES string of the molecule is O=C1NCC(c2cccs2)O1. The minimum Gasteiger partial charge on any atom is -0.439 e. The largest absolute Gasteiger partial charge is 0.439 e. The monoisotopic (exact) mass is 169 g/mol. The number of nitrogens with one attached hydrogen (secondary N) is 1. The highest BCUT2D eigenvalue weighted by Crippen LogP contribution is 2.24. The van der Waals surface area contributed by atoms with Crippen LogP contribution in [0.3, 0.4) is 0 Å². The van der Waals surface area contributed by atoms with E-state index < -0.39 is 0 Å². The van der Waals surface area contributed by atoms with E-state index in [1.807, 2.05) is 17.5 Å². The van der Waals surface area contributed by atoms with Crippen molar-refractivity contribution < 1.29 is 9.53 Å². The lowest BCUT2D eigenvalue weighted by Gasteiger charge is -2.02. The second-order valence-corrected chi connectivity index (χ2v) is 3.27. The van der Waals surface area contributed by atoms with E-state index in [0.29, 0.717) is 6.54 Å². The Morgan fingerprint density at radius 2 is 2.64 bits per heavy atom. The first-order valence-corrected chi connectivity index (χ1v) is 4.22. The molecule has 1 aromatic heterocycles. The van der Waals surface area contributed by atoms with Crippen LogP contribution in [0, 0.1) is 0 Å². The fraction of sp³-hybridized carbons (Fsp3) is 0.286. The van der Waals surface area contributed by atoms with Crippen molar-refractivity contribution in [1.29, 1.82) is 0 Å². The van der Waals surface area contributed by atoms with E-state index in [4.69, 9.17) is 4.74 Å². The quantitative estimate of drug-likeness (QED) is 0.692. The third kappa shape index (κ3) is 1.21. The molecule has 1 atom stereocenters. The predicted octanol–water partition coefficient (Wildman–Crippen LogP) is 1.53. The Balaban J connectivity index is 2.13. The number of carbonyl (C=O) groups excluding carboxylic acids is 1. The second-order valence-electron chi connectivity index (χ2n) is 2.29. The van der Waals surface area contributed by atoms with Crippen LogP contribution in [-0.4, -0.2) is 12.6 Å². The number of thiophene rings is 1. The summed E-state index contributed by atoms with van der Waals surface area (Å²) in [6.07, 6.45) is -0.383. The molecule has 0 aromatic carbocycles. The summed E-state index contributed by atoms with van der Waals surface area (Å²) in [5, 5.41) is 4.58. The molecule has 1 N–H and O–H groups in total. The van der Waals surface area contributed by atoms with E-state index in [2.05, 4.69) is 5.32 Å². The van der Waals surface area contributed by atoms with Crippen molar-refractivity contribution >= 4 is 17.4 Å². The molecule has 0 saturated carbocycles. The molecule has 1 aromatic rings. The van der Waals surface area contributed by atoms with Crippen molar-refractivity contribution in [3.05, 3.63) is 22.4 Å². The van der Waals surface area contributed by atoms with E-state index >= 15 is 0 Å². The van der Waals surface area contributed by atoms with Gasteiger partial charge in [0.25, 0.3) is 0 Å². The Kier molecular flexibility index (Phi) is 1.54. The molecule has 1 saturated heterocycles. The van der Waals surface area contributed by atoms with Crippen molar-refractivity contribution in [2.75, 3.05) is 6.54 Å². The molecule has 1 fully saturated rings. The van der Waals surface area contributed by atoms with E-state index in [1.54, 1.807) is 11.3 Å². The fourth-order valence-electron chi connectivity index (χ4n) is 1.02. The van der Waals surface area contributed by atoms with Crippen molar-refractivity contribution in [2.24, 2.45) is 0 Å². The molecule has 0 bridgehead atoms. The summed E-state index contributed by atoms with van der Waals surface area (Å²) in [7, 11) is 0. The average Bonchev–Trinajstić information content (AvgIpc) is 2.55. The smallest absolute Gasteiger partial charge is 0.407 e. The first-order valence-electron chi connectivity index (χ1n) is 3.34. The van der Waals surface area contributed by atoms with Crippen LogP contribution in [0.4, 0.5) is 4.79 Å². The molecule has 4 heteroatoms. The standard InChI is InChI=1S/C7H7NO2S/c9-7-8-4-5(10-7)6-2-1-3-11-6/h1-3,5H,4H2,(H,8,9). The minimum atomic E-state index is -0.316. The van der Waals surface area contributed by atoms with Crippen LogP contribution in [-0.2, 0) is 4.74 Å². The minimum absolute atomic E-state index is 0.0671. The summed E-state index contributed by atoms with van der Waals surface area (Å²) < 4.78 is 4.97. The van der Waals surface area contributed by atoms with Gasteiger partial charge in [-0.1, -0.05) is 6.07 Å². The maximum Gasteiger partial charge on any atom is 0.407 e. The summed E-state index contributed by atoms with van der Waals surface area (Å²) in [5.74, 6) is 0. The molecular weight excluding hydrogens is 162 g/mol. The van der Waals surface area contributed by atoms with E-state index in [1.165, 1.54) is 0 Å². The zero-order valence-corrected chi connectivity index (χ0v) is 6.56. The van der Waals surface area contributed by atoms with Gasteiger partial charge in [-0.15, -0.1) is 11.3 Å². The summed E-state index contributed by atoms with van der Waals surface area (Å²) >= 11 is 1.60. The van der Waals surface area contributed by atoms with Gasteiger partial charge >= 0.3 is 6.09 Å². The summed E-state index contributed by atoms with van der Waals surface area (Å²) in [6.45, 7) is 0.597. The lowest BCUT2D eigenvalue weighted by Crippen LogP contribution is -2.12. The topological polar surface area (TPSA) is 38.3 Å². The number of hydrogen-bond donors (Lipinski definition) is 1. The molecule has 1 aliphatic rings. The van der Waals surface area contributed by atoms with Gasteiger partial charge in [-0.25, -0.2) is 4.79 Å². The molecule has 2 heterocycles. The van der Waals surface area contributed by atoms with Gasteiger partial charge in [-0.2, -0.15) is 0 Å². The van der Waals surface area contributed by atoms with Crippen LogP contribution >= 0.6 is 11.3 Å². The van der Waals surface area contributed by atoms with E-state index in [-0.39, 0.29) is 12.2 Å². The zero-order valence-electron chi connectivity index (χ0n) is 5.74. The Labute approximate surface area is 68.0 Å².